The van der Waals surface area contributed by atoms with Crippen LogP contribution in [0.3, 0.4) is 0 Å². The molecule has 11 rings (SSSR count). The molecular weight excluding hydrogens is 677 g/mol. The molecule has 0 spiro atoms. The summed E-state index contributed by atoms with van der Waals surface area (Å²) in [5, 5.41) is 0. The molecule has 56 heavy (non-hydrogen) atoms. The van der Waals surface area contributed by atoms with Gasteiger partial charge in [0, 0.05) is 22.6 Å². The van der Waals surface area contributed by atoms with Crippen LogP contribution in [0.5, 0.6) is 0 Å². The number of rotatable bonds is 6. The van der Waals surface area contributed by atoms with E-state index < -0.39 is 5.41 Å². The molecule has 0 saturated heterocycles. The predicted octanol–water partition coefficient (Wildman–Crippen LogP) is 13.0. The molecule has 0 aliphatic heterocycles. The monoisotopic (exact) mass is 712 g/mol. The van der Waals surface area contributed by atoms with E-state index in [0.29, 0.717) is 5.82 Å². The van der Waals surface area contributed by atoms with Crippen LogP contribution in [0.4, 0.5) is 0 Å². The molecule has 2 aliphatic carbocycles. The van der Waals surface area contributed by atoms with Gasteiger partial charge in [0.25, 0.3) is 0 Å². The van der Waals surface area contributed by atoms with Gasteiger partial charge >= 0.3 is 0 Å². The van der Waals surface area contributed by atoms with E-state index in [4.69, 9.17) is 9.97 Å². The molecule has 1 heterocycles. The summed E-state index contributed by atoms with van der Waals surface area (Å²) in [7, 11) is 0. The van der Waals surface area contributed by atoms with E-state index in [1.54, 1.807) is 0 Å². The fourth-order valence-electron chi connectivity index (χ4n) is 9.40. The zero-order chi connectivity index (χ0) is 37.1. The van der Waals surface area contributed by atoms with Gasteiger partial charge in [0.05, 0.1) is 16.8 Å². The van der Waals surface area contributed by atoms with Gasteiger partial charge < -0.3 is 0 Å². The molecule has 8 aromatic carbocycles. The lowest BCUT2D eigenvalue weighted by molar-refractivity contribution is 0.736. The molecule has 1 aromatic heterocycles. The van der Waals surface area contributed by atoms with Crippen LogP contribution in [0.2, 0.25) is 0 Å². The highest BCUT2D eigenvalue weighted by molar-refractivity contribution is 5.94. The second kappa shape index (κ2) is 13.0. The lowest BCUT2D eigenvalue weighted by Gasteiger charge is -2.33. The molecule has 9 aromatic rings. The van der Waals surface area contributed by atoms with Crippen LogP contribution in [-0.2, 0) is 5.41 Å². The highest BCUT2D eigenvalue weighted by atomic mass is 14.9. The van der Waals surface area contributed by atoms with Crippen molar-refractivity contribution < 1.29 is 0 Å². The summed E-state index contributed by atoms with van der Waals surface area (Å²) in [6.07, 6.45) is 0. The van der Waals surface area contributed by atoms with Gasteiger partial charge in [0.1, 0.15) is 0 Å². The Morgan fingerprint density at radius 2 is 0.821 bits per heavy atom. The van der Waals surface area contributed by atoms with Gasteiger partial charge in [0.2, 0.25) is 0 Å². The molecule has 2 nitrogen and oxygen atoms in total. The van der Waals surface area contributed by atoms with Gasteiger partial charge in [-0.25, -0.2) is 9.97 Å². The third-order valence-electron chi connectivity index (χ3n) is 11.9. The van der Waals surface area contributed by atoms with Crippen molar-refractivity contribution in [2.75, 3.05) is 0 Å². The Kier molecular flexibility index (Phi) is 7.50. The Morgan fingerprint density at radius 3 is 1.41 bits per heavy atom. The van der Waals surface area contributed by atoms with E-state index in [9.17, 15) is 0 Å². The third kappa shape index (κ3) is 4.89. The van der Waals surface area contributed by atoms with E-state index >= 15 is 0 Å². The van der Waals surface area contributed by atoms with Gasteiger partial charge in [-0.3, -0.25) is 0 Å². The molecule has 0 amide bonds. The number of fused-ring (bicyclic) bond motifs is 6. The maximum absolute atomic E-state index is 5.61. The number of nitrogens with zero attached hydrogens (tertiary/aromatic N) is 2. The molecule has 262 valence electrons. The zero-order valence-corrected chi connectivity index (χ0v) is 30.7. The fraction of sp³-hybridized carbons (Fsp3) is 0.0370. The molecule has 0 saturated carbocycles. The average Bonchev–Trinajstić information content (AvgIpc) is 3.78. The molecule has 0 unspecified atom stereocenters. The molecule has 0 atom stereocenters. The lowest BCUT2D eigenvalue weighted by atomic mass is 9.69. The first-order chi connectivity index (χ1) is 27.8. The van der Waals surface area contributed by atoms with Crippen molar-refractivity contribution in [1.29, 1.82) is 0 Å². The first-order valence-corrected chi connectivity index (χ1v) is 19.4. The first kappa shape index (κ1) is 32.3. The number of hydrogen-bond donors (Lipinski definition) is 0. The van der Waals surface area contributed by atoms with Crippen molar-refractivity contribution in [3.63, 3.8) is 0 Å². The minimum absolute atomic E-state index is 0.236. The van der Waals surface area contributed by atoms with Crippen LogP contribution in [0.25, 0.3) is 56.0 Å². The Hall–Kier alpha value is -7.16. The molecule has 0 fully saturated rings. The summed E-state index contributed by atoms with van der Waals surface area (Å²) in [5.41, 5.74) is 18.3. The molecule has 2 aliphatic rings. The van der Waals surface area contributed by atoms with Crippen LogP contribution >= 0.6 is 0 Å². The van der Waals surface area contributed by atoms with Crippen LogP contribution in [0, 0.1) is 0 Å². The molecule has 0 N–H and O–H groups in total. The fourth-order valence-corrected chi connectivity index (χ4v) is 9.40. The normalized spacial score (nSPS) is 13.4. The van der Waals surface area contributed by atoms with Crippen molar-refractivity contribution in [2.24, 2.45) is 0 Å². The minimum atomic E-state index is -0.627. The van der Waals surface area contributed by atoms with Crippen LogP contribution in [0.15, 0.2) is 212 Å². The number of aromatic nitrogens is 2. The van der Waals surface area contributed by atoms with Crippen LogP contribution < -0.4 is 0 Å². The smallest absolute Gasteiger partial charge is 0.160 e. The van der Waals surface area contributed by atoms with Crippen LogP contribution in [0.1, 0.15) is 45.0 Å². The first-order valence-electron chi connectivity index (χ1n) is 19.4. The summed E-state index contributed by atoms with van der Waals surface area (Å²) in [6.45, 7) is 0. The van der Waals surface area contributed by atoms with E-state index in [2.05, 4.69) is 212 Å². The summed E-state index contributed by atoms with van der Waals surface area (Å²) in [4.78, 5) is 11.0. The maximum atomic E-state index is 5.61. The lowest BCUT2D eigenvalue weighted by Crippen LogP contribution is -2.30. The number of benzene rings is 8. The second-order valence-electron chi connectivity index (χ2n) is 14.8. The summed E-state index contributed by atoms with van der Waals surface area (Å²) in [6, 6.07) is 76.6. The van der Waals surface area contributed by atoms with Gasteiger partial charge in [0.15, 0.2) is 5.82 Å². The van der Waals surface area contributed by atoms with Gasteiger partial charge in [-0.15, -0.1) is 0 Å². The van der Waals surface area contributed by atoms with Crippen molar-refractivity contribution in [2.45, 2.75) is 11.3 Å². The number of hydrogen-bond acceptors (Lipinski definition) is 2. The highest BCUT2D eigenvalue weighted by Crippen LogP contribution is 2.57. The Bertz CT molecular complexity index is 2790. The minimum Gasteiger partial charge on any atom is -0.231 e. The molecular formula is C54H36N2. The second-order valence-corrected chi connectivity index (χ2v) is 14.8. The summed E-state index contributed by atoms with van der Waals surface area (Å²) in [5.74, 6) is 0.951. The Balaban J connectivity index is 1.04. The average molecular weight is 713 g/mol. The predicted molar refractivity (Wildman–Crippen MR) is 228 cm³/mol. The van der Waals surface area contributed by atoms with E-state index in [1.165, 1.54) is 55.6 Å². The van der Waals surface area contributed by atoms with Gasteiger partial charge in [-0.05, 0) is 61.2 Å². The van der Waals surface area contributed by atoms with E-state index in [-0.39, 0.29) is 5.92 Å². The summed E-state index contributed by atoms with van der Waals surface area (Å²) < 4.78 is 0. The van der Waals surface area contributed by atoms with Crippen molar-refractivity contribution in [3.05, 3.63) is 251 Å². The van der Waals surface area contributed by atoms with Crippen molar-refractivity contribution >= 4 is 0 Å². The standard InChI is InChI=1S/C54H36N2/c1-4-16-39(17-5-1)51-50-47-26-14-15-27-48(47)54(41-18-6-2-7-19-41,42-20-8-3-9-21-42)52(50)56-53(55-51)40-34-30-37(31-35-40)36-28-32-38(33-29-36)49-45-24-12-10-22-43(45)44-23-11-13-25-46(44)49/h1-35,49H. The third-order valence-corrected chi connectivity index (χ3v) is 11.9. The van der Waals surface area contributed by atoms with Crippen molar-refractivity contribution in [3.8, 4) is 56.0 Å². The molecule has 2 heteroatoms. The zero-order valence-electron chi connectivity index (χ0n) is 30.7. The van der Waals surface area contributed by atoms with Gasteiger partial charge in [-0.1, -0.05) is 212 Å². The Labute approximate surface area is 327 Å². The van der Waals surface area contributed by atoms with E-state index in [1.807, 2.05) is 0 Å². The van der Waals surface area contributed by atoms with Gasteiger partial charge in [-0.2, -0.15) is 0 Å². The quantitative estimate of drug-likeness (QED) is 0.172. The SMILES string of the molecule is c1ccc(-c2nc(-c3ccc(-c4ccc(C5c6ccccc6-c6ccccc65)cc4)cc3)nc3c2-c2ccccc2C3(c2ccccc2)c2ccccc2)cc1. The largest absolute Gasteiger partial charge is 0.231 e. The topological polar surface area (TPSA) is 25.8 Å². The molecule has 0 radical (unpaired) electrons. The Morgan fingerprint density at radius 1 is 0.357 bits per heavy atom. The molecule has 0 bridgehead atoms. The van der Waals surface area contributed by atoms with Crippen LogP contribution in [-0.4, -0.2) is 9.97 Å². The highest BCUT2D eigenvalue weighted by Gasteiger charge is 2.49. The van der Waals surface area contributed by atoms with E-state index in [0.717, 1.165) is 33.6 Å². The summed E-state index contributed by atoms with van der Waals surface area (Å²) >= 11 is 0. The maximum Gasteiger partial charge on any atom is 0.160 e. The van der Waals surface area contributed by atoms with Crippen molar-refractivity contribution in [1.82, 2.24) is 9.97 Å².